The summed E-state index contributed by atoms with van der Waals surface area (Å²) in [6, 6.07) is 4.57. The summed E-state index contributed by atoms with van der Waals surface area (Å²) < 4.78 is 10.5. The van der Waals surface area contributed by atoms with Gasteiger partial charge >= 0.3 is 5.69 Å². The fourth-order valence-corrected chi connectivity index (χ4v) is 2.84. The summed E-state index contributed by atoms with van der Waals surface area (Å²) in [6.45, 7) is 2.12. The van der Waals surface area contributed by atoms with E-state index in [1.165, 1.54) is 12.1 Å². The molecule has 1 saturated carbocycles. The van der Waals surface area contributed by atoms with Crippen molar-refractivity contribution in [3.05, 3.63) is 34.1 Å². The van der Waals surface area contributed by atoms with Crippen LogP contribution < -0.4 is 10.5 Å². The zero-order valence-electron chi connectivity index (χ0n) is 12.8. The highest BCUT2D eigenvalue weighted by molar-refractivity contribution is 5.62. The quantitative estimate of drug-likeness (QED) is 0.665. The maximum absolute atomic E-state index is 11.2. The topological polar surface area (TPSA) is 117 Å². The molecule has 0 amide bonds. The molecule has 8 heteroatoms. The summed E-state index contributed by atoms with van der Waals surface area (Å²) in [5.41, 5.74) is 6.08. The molecule has 1 fully saturated rings. The lowest BCUT2D eigenvalue weighted by atomic mass is 9.99. The summed E-state index contributed by atoms with van der Waals surface area (Å²) in [6.07, 6.45) is 3.70. The minimum Gasteiger partial charge on any atom is -0.487 e. The molecule has 0 bridgehead atoms. The van der Waals surface area contributed by atoms with Crippen molar-refractivity contribution in [2.75, 3.05) is 6.61 Å². The summed E-state index contributed by atoms with van der Waals surface area (Å²) in [7, 11) is 0. The van der Waals surface area contributed by atoms with Crippen molar-refractivity contribution in [2.24, 2.45) is 5.73 Å². The fraction of sp³-hybridized carbons (Fsp3) is 0.467. The van der Waals surface area contributed by atoms with Crippen molar-refractivity contribution in [3.8, 4) is 17.2 Å². The molecule has 0 aliphatic heterocycles. The van der Waals surface area contributed by atoms with Crippen LogP contribution >= 0.6 is 0 Å². The van der Waals surface area contributed by atoms with Crippen LogP contribution in [0.5, 0.6) is 5.75 Å². The van der Waals surface area contributed by atoms with E-state index in [0.29, 0.717) is 18.0 Å². The monoisotopic (exact) mass is 318 g/mol. The number of hydrogen-bond acceptors (Lipinski definition) is 7. The van der Waals surface area contributed by atoms with Crippen molar-refractivity contribution >= 4 is 5.69 Å². The third kappa shape index (κ3) is 2.89. The molecule has 1 aliphatic rings. The molecule has 1 aliphatic carbocycles. The smallest absolute Gasteiger partial charge is 0.311 e. The molecule has 8 nitrogen and oxygen atoms in total. The Morgan fingerprint density at radius 1 is 1.43 bits per heavy atom. The number of nitro benzene ring substituents is 1. The first-order chi connectivity index (χ1) is 11.0. The lowest BCUT2D eigenvalue weighted by molar-refractivity contribution is -0.385. The van der Waals surface area contributed by atoms with Crippen LogP contribution in [-0.4, -0.2) is 21.7 Å². The highest BCUT2D eigenvalue weighted by Crippen LogP contribution is 2.36. The van der Waals surface area contributed by atoms with Gasteiger partial charge < -0.3 is 15.0 Å². The average Bonchev–Trinajstić information content (AvgIpc) is 3.18. The number of nitrogens with two attached hydrogens (primary N) is 1. The molecular formula is C15H18N4O4. The highest BCUT2D eigenvalue weighted by atomic mass is 16.6. The summed E-state index contributed by atoms with van der Waals surface area (Å²) in [4.78, 5) is 15.0. The second-order valence-electron chi connectivity index (χ2n) is 5.66. The molecule has 2 N–H and O–H groups in total. The molecule has 2 aromatic rings. The molecule has 122 valence electrons. The number of nitrogens with zero attached hydrogens (tertiary/aromatic N) is 3. The number of benzene rings is 1. The van der Waals surface area contributed by atoms with Gasteiger partial charge in [-0.1, -0.05) is 18.0 Å². The van der Waals surface area contributed by atoms with E-state index in [1.54, 1.807) is 13.0 Å². The van der Waals surface area contributed by atoms with E-state index < -0.39 is 10.5 Å². The first kappa shape index (κ1) is 15.4. The second-order valence-corrected chi connectivity index (χ2v) is 5.66. The van der Waals surface area contributed by atoms with Crippen LogP contribution in [0.1, 0.15) is 38.4 Å². The molecule has 1 aromatic carbocycles. The van der Waals surface area contributed by atoms with E-state index in [0.717, 1.165) is 25.7 Å². The third-order valence-electron chi connectivity index (χ3n) is 4.07. The van der Waals surface area contributed by atoms with Crippen molar-refractivity contribution in [2.45, 2.75) is 38.1 Å². The first-order valence-corrected chi connectivity index (χ1v) is 7.58. The van der Waals surface area contributed by atoms with Crippen LogP contribution in [-0.2, 0) is 5.54 Å². The van der Waals surface area contributed by atoms with E-state index in [1.807, 2.05) is 0 Å². The van der Waals surface area contributed by atoms with Crippen molar-refractivity contribution in [1.29, 1.82) is 0 Å². The summed E-state index contributed by atoms with van der Waals surface area (Å²) in [5.74, 6) is 0.900. The predicted molar refractivity (Wildman–Crippen MR) is 81.9 cm³/mol. The SMILES string of the molecule is CCOc1ccc(-c2nc(C3(N)CCCC3)no2)cc1[N+](=O)[O-]. The van der Waals surface area contributed by atoms with E-state index in [-0.39, 0.29) is 17.3 Å². The normalized spacial score (nSPS) is 16.4. The molecule has 1 heterocycles. The van der Waals surface area contributed by atoms with Crippen LogP contribution in [0.15, 0.2) is 22.7 Å². The Balaban J connectivity index is 1.94. The molecule has 1 aromatic heterocycles. The Labute approximate surface area is 132 Å². The first-order valence-electron chi connectivity index (χ1n) is 7.58. The fourth-order valence-electron chi connectivity index (χ4n) is 2.84. The maximum Gasteiger partial charge on any atom is 0.311 e. The largest absolute Gasteiger partial charge is 0.487 e. The van der Waals surface area contributed by atoms with E-state index in [4.69, 9.17) is 15.0 Å². The Morgan fingerprint density at radius 2 is 2.17 bits per heavy atom. The van der Waals surface area contributed by atoms with Gasteiger partial charge in [-0.15, -0.1) is 0 Å². The zero-order chi connectivity index (χ0) is 16.4. The van der Waals surface area contributed by atoms with Gasteiger partial charge in [0, 0.05) is 11.6 Å². The van der Waals surface area contributed by atoms with Crippen LogP contribution in [0.2, 0.25) is 0 Å². The van der Waals surface area contributed by atoms with Gasteiger partial charge in [-0.05, 0) is 31.9 Å². The third-order valence-corrected chi connectivity index (χ3v) is 4.07. The second kappa shape index (κ2) is 5.96. The number of hydrogen-bond donors (Lipinski definition) is 1. The standard InChI is InChI=1S/C15H18N4O4/c1-2-22-12-6-5-10(9-11(12)19(20)21)13-17-14(18-23-13)15(16)7-3-4-8-15/h5-6,9H,2-4,7-8,16H2,1H3. The molecule has 0 saturated heterocycles. The van der Waals surface area contributed by atoms with Gasteiger partial charge in [0.1, 0.15) is 0 Å². The van der Waals surface area contributed by atoms with Gasteiger partial charge in [0.2, 0.25) is 0 Å². The van der Waals surface area contributed by atoms with Crippen molar-refractivity contribution in [3.63, 3.8) is 0 Å². The van der Waals surface area contributed by atoms with Gasteiger partial charge in [0.05, 0.1) is 17.1 Å². The minimum absolute atomic E-state index is 0.132. The molecule has 23 heavy (non-hydrogen) atoms. The van der Waals surface area contributed by atoms with E-state index in [2.05, 4.69) is 10.1 Å². The van der Waals surface area contributed by atoms with E-state index in [9.17, 15) is 10.1 Å². The van der Waals surface area contributed by atoms with Gasteiger partial charge in [-0.3, -0.25) is 10.1 Å². The Morgan fingerprint density at radius 3 is 2.83 bits per heavy atom. The molecule has 3 rings (SSSR count). The highest BCUT2D eigenvalue weighted by Gasteiger charge is 2.36. The average molecular weight is 318 g/mol. The molecule has 0 unspecified atom stereocenters. The summed E-state index contributed by atoms with van der Waals surface area (Å²) >= 11 is 0. The number of rotatable bonds is 5. The van der Waals surface area contributed by atoms with Crippen LogP contribution in [0.25, 0.3) is 11.5 Å². The maximum atomic E-state index is 11.2. The molecular weight excluding hydrogens is 300 g/mol. The zero-order valence-corrected chi connectivity index (χ0v) is 12.8. The van der Waals surface area contributed by atoms with E-state index >= 15 is 0 Å². The lowest BCUT2D eigenvalue weighted by Crippen LogP contribution is -2.34. The van der Waals surface area contributed by atoms with Crippen molar-refractivity contribution < 1.29 is 14.2 Å². The number of ether oxygens (including phenoxy) is 1. The summed E-state index contributed by atoms with van der Waals surface area (Å²) in [5, 5.41) is 15.2. The molecule has 0 atom stereocenters. The lowest BCUT2D eigenvalue weighted by Gasteiger charge is -2.17. The number of aromatic nitrogens is 2. The Hall–Kier alpha value is -2.48. The Bertz CT molecular complexity index is 722. The minimum atomic E-state index is -0.557. The van der Waals surface area contributed by atoms with Gasteiger partial charge in [0.25, 0.3) is 5.89 Å². The number of nitro groups is 1. The molecule has 0 radical (unpaired) electrons. The van der Waals surface area contributed by atoms with Gasteiger partial charge in [0.15, 0.2) is 11.6 Å². The Kier molecular flexibility index (Phi) is 3.99. The van der Waals surface area contributed by atoms with Crippen LogP contribution in [0.3, 0.4) is 0 Å². The van der Waals surface area contributed by atoms with Crippen LogP contribution in [0.4, 0.5) is 5.69 Å². The van der Waals surface area contributed by atoms with Crippen molar-refractivity contribution in [1.82, 2.24) is 10.1 Å². The van der Waals surface area contributed by atoms with Gasteiger partial charge in [-0.25, -0.2) is 0 Å². The van der Waals surface area contributed by atoms with Gasteiger partial charge in [-0.2, -0.15) is 4.98 Å². The van der Waals surface area contributed by atoms with Crippen LogP contribution in [0, 0.1) is 10.1 Å². The predicted octanol–water partition coefficient (Wildman–Crippen LogP) is 2.77. The molecule has 0 spiro atoms.